The van der Waals surface area contributed by atoms with Crippen molar-refractivity contribution in [3.05, 3.63) is 74.0 Å². The van der Waals surface area contributed by atoms with E-state index in [2.05, 4.69) is 26.5 Å². The van der Waals surface area contributed by atoms with Crippen molar-refractivity contribution in [1.82, 2.24) is 5.43 Å². The quantitative estimate of drug-likeness (QED) is 0.489. The number of carbonyl (C=O) groups is 1. The fraction of sp³-hybridized carbons (Fsp3) is 0.0556. The molecule has 0 spiro atoms. The second-order valence-electron chi connectivity index (χ2n) is 5.17. The van der Waals surface area contributed by atoms with Crippen LogP contribution in [0.15, 0.2) is 67.5 Å². The number of para-hydroxylation sites is 1. The van der Waals surface area contributed by atoms with E-state index in [1.807, 2.05) is 6.07 Å². The van der Waals surface area contributed by atoms with Crippen LogP contribution < -0.4 is 15.6 Å². The van der Waals surface area contributed by atoms with Gasteiger partial charge in [-0.05, 0) is 46.3 Å². The lowest BCUT2D eigenvalue weighted by Gasteiger charge is -2.06. The predicted molar refractivity (Wildman–Crippen MR) is 103 cm³/mol. The Morgan fingerprint density at radius 2 is 2.12 bits per heavy atom. The maximum atomic E-state index is 12.4. The van der Waals surface area contributed by atoms with Crippen molar-refractivity contribution in [2.24, 2.45) is 5.10 Å². The molecule has 0 saturated carbocycles. The molecule has 1 heterocycles. The van der Waals surface area contributed by atoms with Crippen LogP contribution in [0.1, 0.15) is 5.56 Å². The number of hydrogen-bond acceptors (Lipinski definition) is 5. The van der Waals surface area contributed by atoms with Crippen molar-refractivity contribution in [3.8, 4) is 5.75 Å². The summed E-state index contributed by atoms with van der Waals surface area (Å²) in [6.07, 6.45) is 2.48. The minimum atomic E-state index is -0.467. The molecule has 0 aliphatic rings. The number of hydrogen-bond donors (Lipinski definition) is 1. The molecule has 8 heteroatoms. The summed E-state index contributed by atoms with van der Waals surface area (Å²) >= 11 is 9.22. The molecule has 6 nitrogen and oxygen atoms in total. The zero-order valence-electron chi connectivity index (χ0n) is 13.2. The van der Waals surface area contributed by atoms with Crippen LogP contribution in [-0.2, 0) is 4.79 Å². The highest BCUT2D eigenvalue weighted by Crippen LogP contribution is 2.23. The Hall–Kier alpha value is -2.64. The van der Waals surface area contributed by atoms with E-state index in [1.54, 1.807) is 30.3 Å². The van der Waals surface area contributed by atoms with Gasteiger partial charge < -0.3 is 9.15 Å². The highest BCUT2D eigenvalue weighted by molar-refractivity contribution is 9.10. The van der Waals surface area contributed by atoms with Gasteiger partial charge in [-0.25, -0.2) is 5.43 Å². The highest BCUT2D eigenvalue weighted by Gasteiger charge is 2.07. The van der Waals surface area contributed by atoms with Gasteiger partial charge in [0, 0.05) is 5.02 Å². The molecule has 0 saturated heterocycles. The molecule has 0 aliphatic carbocycles. The first kappa shape index (κ1) is 18.2. The average molecular weight is 436 g/mol. The van der Waals surface area contributed by atoms with Crippen molar-refractivity contribution >= 4 is 50.6 Å². The lowest BCUT2D eigenvalue weighted by molar-refractivity contribution is -0.123. The van der Waals surface area contributed by atoms with Gasteiger partial charge in [-0.2, -0.15) is 5.10 Å². The molecular formula is C18H12BrClN2O4. The number of halogens is 2. The number of carbonyl (C=O) groups excluding carboxylic acids is 1. The number of nitrogens with one attached hydrogen (secondary N) is 1. The summed E-state index contributed by atoms with van der Waals surface area (Å²) in [5, 5.41) is 4.52. The van der Waals surface area contributed by atoms with Crippen LogP contribution in [0, 0.1) is 0 Å². The fourth-order valence-corrected chi connectivity index (χ4v) is 2.69. The van der Waals surface area contributed by atoms with E-state index in [-0.39, 0.29) is 17.6 Å². The maximum absolute atomic E-state index is 12.4. The Kier molecular flexibility index (Phi) is 5.70. The molecule has 0 bridgehead atoms. The van der Waals surface area contributed by atoms with E-state index in [9.17, 15) is 9.59 Å². The van der Waals surface area contributed by atoms with Gasteiger partial charge in [0.1, 0.15) is 17.6 Å². The minimum Gasteiger partial charge on any atom is -0.483 e. The van der Waals surface area contributed by atoms with Crippen LogP contribution in [0.25, 0.3) is 11.0 Å². The molecule has 0 fully saturated rings. The lowest BCUT2D eigenvalue weighted by atomic mass is 10.2. The number of rotatable bonds is 5. The fourth-order valence-electron chi connectivity index (χ4n) is 2.12. The Bertz CT molecular complexity index is 1050. The van der Waals surface area contributed by atoms with Crippen molar-refractivity contribution in [2.75, 3.05) is 6.61 Å². The van der Waals surface area contributed by atoms with E-state index in [1.165, 1.54) is 18.5 Å². The lowest BCUT2D eigenvalue weighted by Crippen LogP contribution is -2.25. The third-order valence-electron chi connectivity index (χ3n) is 3.35. The number of nitrogens with zero attached hydrogens (tertiary/aromatic N) is 1. The average Bonchev–Trinajstić information content (AvgIpc) is 2.63. The summed E-state index contributed by atoms with van der Waals surface area (Å²) < 4.78 is 11.5. The molecule has 3 rings (SSSR count). The van der Waals surface area contributed by atoms with Crippen molar-refractivity contribution in [1.29, 1.82) is 0 Å². The monoisotopic (exact) mass is 434 g/mol. The van der Waals surface area contributed by atoms with E-state index < -0.39 is 5.91 Å². The Morgan fingerprint density at radius 1 is 1.31 bits per heavy atom. The van der Waals surface area contributed by atoms with Crippen LogP contribution in [0.4, 0.5) is 0 Å². The third-order valence-corrected chi connectivity index (χ3v) is 4.24. The van der Waals surface area contributed by atoms with Gasteiger partial charge in [0.2, 0.25) is 5.43 Å². The zero-order valence-corrected chi connectivity index (χ0v) is 15.6. The van der Waals surface area contributed by atoms with E-state index in [4.69, 9.17) is 20.8 Å². The van der Waals surface area contributed by atoms with Crippen molar-refractivity contribution in [3.63, 3.8) is 0 Å². The molecule has 26 heavy (non-hydrogen) atoms. The largest absolute Gasteiger partial charge is 0.483 e. The first-order valence-corrected chi connectivity index (χ1v) is 8.62. The second-order valence-corrected chi connectivity index (χ2v) is 6.46. The van der Waals surface area contributed by atoms with Gasteiger partial charge >= 0.3 is 0 Å². The minimum absolute atomic E-state index is 0.187. The SMILES string of the molecule is O=C(COc1ccccc1Br)NN=Cc1coc2ccc(Cl)cc2c1=O. The van der Waals surface area contributed by atoms with Gasteiger partial charge in [-0.1, -0.05) is 23.7 Å². The number of ether oxygens (including phenoxy) is 1. The number of fused-ring (bicyclic) bond motifs is 1. The van der Waals surface area contributed by atoms with Crippen LogP contribution in [-0.4, -0.2) is 18.7 Å². The van der Waals surface area contributed by atoms with Gasteiger partial charge in [0.25, 0.3) is 5.91 Å². The first-order chi connectivity index (χ1) is 12.5. The third kappa shape index (κ3) is 4.30. The Balaban J connectivity index is 1.64. The van der Waals surface area contributed by atoms with Crippen LogP contribution in [0.5, 0.6) is 5.75 Å². The molecule has 0 atom stereocenters. The van der Waals surface area contributed by atoms with Crippen molar-refractivity contribution < 1.29 is 13.9 Å². The van der Waals surface area contributed by atoms with Crippen LogP contribution in [0.2, 0.25) is 5.02 Å². The standard InChI is InChI=1S/C18H12BrClN2O4/c19-14-3-1-2-4-16(14)26-10-17(23)22-21-8-11-9-25-15-6-5-12(20)7-13(15)18(11)24/h1-9H,10H2,(H,22,23). The normalized spacial score (nSPS) is 11.0. The number of hydrazone groups is 1. The number of benzene rings is 2. The summed E-state index contributed by atoms with van der Waals surface area (Å²) in [5.41, 5.74) is 2.60. The topological polar surface area (TPSA) is 80.9 Å². The summed E-state index contributed by atoms with van der Waals surface area (Å²) in [4.78, 5) is 24.1. The maximum Gasteiger partial charge on any atom is 0.277 e. The predicted octanol–water partition coefficient (Wildman–Crippen LogP) is 3.74. The first-order valence-electron chi connectivity index (χ1n) is 7.45. The molecule has 0 unspecified atom stereocenters. The van der Waals surface area contributed by atoms with Gasteiger partial charge in [0.05, 0.1) is 21.6 Å². The van der Waals surface area contributed by atoms with Crippen LogP contribution in [0.3, 0.4) is 0 Å². The molecule has 1 amide bonds. The van der Waals surface area contributed by atoms with Gasteiger partial charge in [0.15, 0.2) is 6.61 Å². The second kappa shape index (κ2) is 8.16. The van der Waals surface area contributed by atoms with E-state index >= 15 is 0 Å². The van der Waals surface area contributed by atoms with Gasteiger partial charge in [-0.15, -0.1) is 0 Å². The molecule has 132 valence electrons. The smallest absolute Gasteiger partial charge is 0.277 e. The molecule has 1 N–H and O–H groups in total. The van der Waals surface area contributed by atoms with Crippen LogP contribution >= 0.6 is 27.5 Å². The Morgan fingerprint density at radius 3 is 2.92 bits per heavy atom. The molecule has 0 aliphatic heterocycles. The summed E-state index contributed by atoms with van der Waals surface area (Å²) in [7, 11) is 0. The van der Waals surface area contributed by atoms with E-state index in [0.717, 1.165) is 4.47 Å². The zero-order chi connectivity index (χ0) is 18.5. The molecular weight excluding hydrogens is 424 g/mol. The summed E-state index contributed by atoms with van der Waals surface area (Å²) in [6, 6.07) is 11.9. The molecule has 3 aromatic rings. The van der Waals surface area contributed by atoms with Gasteiger partial charge in [-0.3, -0.25) is 9.59 Å². The highest BCUT2D eigenvalue weighted by atomic mass is 79.9. The van der Waals surface area contributed by atoms with E-state index in [0.29, 0.717) is 21.7 Å². The molecule has 0 radical (unpaired) electrons. The number of amides is 1. The molecule has 1 aromatic heterocycles. The Labute approximate surface area is 161 Å². The van der Waals surface area contributed by atoms with Crippen molar-refractivity contribution in [2.45, 2.75) is 0 Å². The summed E-state index contributed by atoms with van der Waals surface area (Å²) in [5.74, 6) is 0.0731. The summed E-state index contributed by atoms with van der Waals surface area (Å²) in [6.45, 7) is -0.220. The molecule has 2 aromatic carbocycles.